The summed E-state index contributed by atoms with van der Waals surface area (Å²) in [5, 5.41) is 0. The predicted molar refractivity (Wildman–Crippen MR) is 87.3 cm³/mol. The van der Waals surface area contributed by atoms with Crippen molar-refractivity contribution in [1.82, 2.24) is 9.88 Å². The molecule has 0 aliphatic carbocycles. The molecule has 0 radical (unpaired) electrons. The molecule has 0 bridgehead atoms. The zero-order valence-electron chi connectivity index (χ0n) is 13.9. The van der Waals surface area contributed by atoms with E-state index < -0.39 is 6.61 Å². The van der Waals surface area contributed by atoms with Gasteiger partial charge < -0.3 is 9.64 Å². The van der Waals surface area contributed by atoms with Crippen LogP contribution in [-0.2, 0) is 6.42 Å². The second-order valence-corrected chi connectivity index (χ2v) is 5.70. The average molecular weight is 334 g/mol. The maximum Gasteiger partial charge on any atom is 0.387 e. The van der Waals surface area contributed by atoms with Crippen LogP contribution in [0.15, 0.2) is 42.6 Å². The molecule has 0 saturated carbocycles. The van der Waals surface area contributed by atoms with Gasteiger partial charge in [-0.05, 0) is 55.8 Å². The highest BCUT2D eigenvalue weighted by Gasteiger charge is 2.18. The molecule has 1 aromatic carbocycles. The van der Waals surface area contributed by atoms with E-state index >= 15 is 0 Å². The fourth-order valence-electron chi connectivity index (χ4n) is 2.33. The molecule has 24 heavy (non-hydrogen) atoms. The van der Waals surface area contributed by atoms with Gasteiger partial charge in [0.1, 0.15) is 5.75 Å². The van der Waals surface area contributed by atoms with Crippen molar-refractivity contribution in [3.63, 3.8) is 0 Å². The van der Waals surface area contributed by atoms with Gasteiger partial charge in [0.05, 0.1) is 0 Å². The molecule has 2 aromatic rings. The van der Waals surface area contributed by atoms with Gasteiger partial charge >= 0.3 is 6.61 Å². The van der Waals surface area contributed by atoms with Crippen molar-refractivity contribution >= 4 is 5.91 Å². The number of amides is 1. The lowest BCUT2D eigenvalue weighted by molar-refractivity contribution is -0.0498. The number of aromatic nitrogens is 1. The highest BCUT2D eigenvalue weighted by Crippen LogP contribution is 2.17. The van der Waals surface area contributed by atoms with Gasteiger partial charge in [0, 0.05) is 37.0 Å². The van der Waals surface area contributed by atoms with Crippen LogP contribution in [0.1, 0.15) is 28.5 Å². The first-order chi connectivity index (χ1) is 11.4. The number of aryl methyl sites for hydroxylation is 1. The molecule has 0 fully saturated rings. The number of carbonyl (C=O) groups is 1. The molecule has 1 amide bonds. The Balaban J connectivity index is 2.02. The van der Waals surface area contributed by atoms with Crippen LogP contribution in [0.2, 0.25) is 0 Å². The van der Waals surface area contributed by atoms with Crippen LogP contribution in [0.25, 0.3) is 0 Å². The van der Waals surface area contributed by atoms with Gasteiger partial charge in [-0.25, -0.2) is 0 Å². The molecule has 0 aliphatic rings. The molecule has 2 rings (SSSR count). The molecule has 1 atom stereocenters. The van der Waals surface area contributed by atoms with Gasteiger partial charge in [0.15, 0.2) is 0 Å². The number of benzene rings is 1. The summed E-state index contributed by atoms with van der Waals surface area (Å²) in [7, 11) is 1.71. The fourth-order valence-corrected chi connectivity index (χ4v) is 2.33. The second-order valence-electron chi connectivity index (χ2n) is 5.70. The third kappa shape index (κ3) is 4.75. The molecule has 0 aliphatic heterocycles. The predicted octanol–water partition coefficient (Wildman–Crippen LogP) is 3.69. The van der Waals surface area contributed by atoms with Gasteiger partial charge in [-0.3, -0.25) is 9.78 Å². The van der Waals surface area contributed by atoms with Gasteiger partial charge in [-0.1, -0.05) is 0 Å². The Morgan fingerprint density at radius 2 is 1.92 bits per heavy atom. The van der Waals surface area contributed by atoms with E-state index in [9.17, 15) is 13.6 Å². The fraction of sp³-hybridized carbons (Fsp3) is 0.333. The number of nitrogens with zero attached hydrogens (tertiary/aromatic N) is 2. The van der Waals surface area contributed by atoms with Gasteiger partial charge in [0.2, 0.25) is 0 Å². The molecule has 0 unspecified atom stereocenters. The number of hydrogen-bond acceptors (Lipinski definition) is 3. The zero-order chi connectivity index (χ0) is 17.7. The van der Waals surface area contributed by atoms with E-state index in [4.69, 9.17) is 0 Å². The molecule has 6 heteroatoms. The zero-order valence-corrected chi connectivity index (χ0v) is 13.9. The van der Waals surface area contributed by atoms with Crippen molar-refractivity contribution < 1.29 is 18.3 Å². The first kappa shape index (κ1) is 17.8. The van der Waals surface area contributed by atoms with Crippen molar-refractivity contribution in [3.05, 3.63) is 59.4 Å². The number of rotatable bonds is 6. The van der Waals surface area contributed by atoms with Crippen molar-refractivity contribution in [2.75, 3.05) is 7.05 Å². The van der Waals surface area contributed by atoms with Crippen molar-refractivity contribution in [2.45, 2.75) is 32.9 Å². The average Bonchev–Trinajstić information content (AvgIpc) is 2.53. The summed E-state index contributed by atoms with van der Waals surface area (Å²) >= 11 is 0. The Bertz CT molecular complexity index is 690. The first-order valence-corrected chi connectivity index (χ1v) is 7.60. The van der Waals surface area contributed by atoms with Crippen molar-refractivity contribution in [2.24, 2.45) is 0 Å². The Morgan fingerprint density at radius 1 is 1.25 bits per heavy atom. The Kier molecular flexibility index (Phi) is 5.84. The summed E-state index contributed by atoms with van der Waals surface area (Å²) in [5.74, 6) is -0.153. The summed E-state index contributed by atoms with van der Waals surface area (Å²) in [6.07, 6.45) is 2.39. The Morgan fingerprint density at radius 3 is 2.50 bits per heavy atom. The Hall–Kier alpha value is -2.50. The van der Waals surface area contributed by atoms with Crippen LogP contribution < -0.4 is 4.74 Å². The van der Waals surface area contributed by atoms with Crippen LogP contribution >= 0.6 is 0 Å². The summed E-state index contributed by atoms with van der Waals surface area (Å²) in [6.45, 7) is 1.06. The van der Waals surface area contributed by atoms with E-state index in [0.717, 1.165) is 11.3 Å². The standard InChI is InChI=1S/C18H20F2N2O2/c1-12-8-9-21-15(10-12)11-13(2)22(3)17(23)14-4-6-16(7-5-14)24-18(19)20/h4-10,13,18H,11H2,1-3H3/t13-/m1/s1. The normalized spacial score (nSPS) is 12.1. The third-order valence-corrected chi connectivity index (χ3v) is 3.78. The monoisotopic (exact) mass is 334 g/mol. The largest absolute Gasteiger partial charge is 0.435 e. The SMILES string of the molecule is Cc1ccnc(C[C@@H](C)N(C)C(=O)c2ccc(OC(F)F)cc2)c1. The minimum Gasteiger partial charge on any atom is -0.435 e. The summed E-state index contributed by atoms with van der Waals surface area (Å²) in [5.41, 5.74) is 2.46. The number of alkyl halides is 2. The maximum atomic E-state index is 12.5. The molecule has 1 heterocycles. The van der Waals surface area contributed by atoms with Crippen LogP contribution in [0, 0.1) is 6.92 Å². The third-order valence-electron chi connectivity index (χ3n) is 3.78. The molecule has 128 valence electrons. The molecule has 4 nitrogen and oxygen atoms in total. The highest BCUT2D eigenvalue weighted by molar-refractivity contribution is 5.94. The number of likely N-dealkylation sites (N-methyl/N-ethyl adjacent to an activating group) is 1. The molecular formula is C18H20F2N2O2. The molecule has 0 N–H and O–H groups in total. The first-order valence-electron chi connectivity index (χ1n) is 7.60. The van der Waals surface area contributed by atoms with E-state index in [1.807, 2.05) is 26.0 Å². The lowest BCUT2D eigenvalue weighted by Gasteiger charge is -2.25. The van der Waals surface area contributed by atoms with Crippen LogP contribution in [0.5, 0.6) is 5.75 Å². The number of ether oxygens (including phenoxy) is 1. The summed E-state index contributed by atoms with van der Waals surface area (Å²) in [4.78, 5) is 18.4. The topological polar surface area (TPSA) is 42.4 Å². The van der Waals surface area contributed by atoms with Crippen LogP contribution in [0.4, 0.5) is 8.78 Å². The van der Waals surface area contributed by atoms with Gasteiger partial charge in [-0.15, -0.1) is 0 Å². The van der Waals surface area contributed by atoms with E-state index in [0.29, 0.717) is 12.0 Å². The summed E-state index contributed by atoms with van der Waals surface area (Å²) < 4.78 is 28.6. The summed E-state index contributed by atoms with van der Waals surface area (Å²) in [6, 6.07) is 9.54. The van der Waals surface area contributed by atoms with E-state index in [1.54, 1.807) is 18.1 Å². The number of hydrogen-bond donors (Lipinski definition) is 0. The highest BCUT2D eigenvalue weighted by atomic mass is 19.3. The van der Waals surface area contributed by atoms with Crippen LogP contribution in [-0.4, -0.2) is 35.5 Å². The quantitative estimate of drug-likeness (QED) is 0.809. The van der Waals surface area contributed by atoms with E-state index in [1.165, 1.54) is 24.3 Å². The number of pyridine rings is 1. The van der Waals surface area contributed by atoms with Gasteiger partial charge in [-0.2, -0.15) is 8.78 Å². The minimum absolute atomic E-state index is 0.0289. The number of carbonyl (C=O) groups excluding carboxylic acids is 1. The van der Waals surface area contributed by atoms with E-state index in [2.05, 4.69) is 9.72 Å². The molecular weight excluding hydrogens is 314 g/mol. The van der Waals surface area contributed by atoms with Crippen molar-refractivity contribution in [3.8, 4) is 5.75 Å². The lowest BCUT2D eigenvalue weighted by atomic mass is 10.1. The van der Waals surface area contributed by atoms with E-state index in [-0.39, 0.29) is 17.7 Å². The minimum atomic E-state index is -2.88. The van der Waals surface area contributed by atoms with Crippen molar-refractivity contribution in [1.29, 1.82) is 0 Å². The van der Waals surface area contributed by atoms with Gasteiger partial charge in [0.25, 0.3) is 5.91 Å². The molecule has 0 spiro atoms. The second kappa shape index (κ2) is 7.86. The smallest absolute Gasteiger partial charge is 0.387 e. The molecule has 1 aromatic heterocycles. The lowest BCUT2D eigenvalue weighted by Crippen LogP contribution is -2.36. The number of halogens is 2. The molecule has 0 saturated heterocycles. The van der Waals surface area contributed by atoms with Crippen LogP contribution in [0.3, 0.4) is 0 Å². The maximum absolute atomic E-state index is 12.5. The Labute approximate surface area is 140 Å².